The van der Waals surface area contributed by atoms with E-state index in [2.05, 4.69) is 28.0 Å². The molecule has 0 saturated carbocycles. The zero-order valence-electron chi connectivity index (χ0n) is 21.2. The van der Waals surface area contributed by atoms with Gasteiger partial charge in [0, 0.05) is 24.5 Å². The van der Waals surface area contributed by atoms with Crippen LogP contribution in [0, 0.1) is 29.1 Å². The first-order valence-electron chi connectivity index (χ1n) is 12.4. The van der Waals surface area contributed by atoms with E-state index in [1.54, 1.807) is 0 Å². The topological polar surface area (TPSA) is 52.5 Å². The van der Waals surface area contributed by atoms with E-state index in [9.17, 15) is 27.1 Å². The number of nitrogens with zero attached hydrogens (tertiary/aromatic N) is 4. The molecule has 2 aliphatic heterocycles. The third kappa shape index (κ3) is 6.20. The summed E-state index contributed by atoms with van der Waals surface area (Å²) >= 11 is 11.6. The van der Waals surface area contributed by atoms with E-state index in [1.807, 2.05) is 24.2 Å². The lowest BCUT2D eigenvalue weighted by molar-refractivity contribution is 0.198. The summed E-state index contributed by atoms with van der Waals surface area (Å²) in [5, 5.41) is 11.0. The number of aromatic nitrogens is 2. The van der Waals surface area contributed by atoms with E-state index in [1.165, 1.54) is 37.2 Å². The second-order valence-electron chi connectivity index (χ2n) is 9.71. The molecule has 39 heavy (non-hydrogen) atoms. The second-order valence-corrected chi connectivity index (χ2v) is 10.5. The predicted molar refractivity (Wildman–Crippen MR) is 138 cm³/mol. The monoisotopic (exact) mass is 588 g/mol. The molecule has 5 rings (SSSR count). The van der Waals surface area contributed by atoms with Crippen molar-refractivity contribution in [3.05, 3.63) is 92.2 Å². The zero-order chi connectivity index (χ0) is 28.4. The SMILES string of the molecule is CN1CCC[C@H]1c1ccc(Cl)nc1.CN1CCC[C@H]1c1cnc(Cl)cc1[C@H](O)c1c(F)c(F)c(F)c(F)c1F. The largest absolute Gasteiger partial charge is 0.383 e. The number of likely N-dealkylation sites (tertiary alicyclic amines) is 2. The summed E-state index contributed by atoms with van der Waals surface area (Å²) in [6, 6.07) is 5.44. The number of aliphatic hydroxyl groups excluding tert-OH is 1. The third-order valence-electron chi connectivity index (χ3n) is 7.28. The minimum Gasteiger partial charge on any atom is -0.383 e. The van der Waals surface area contributed by atoms with Crippen LogP contribution in [0.4, 0.5) is 22.0 Å². The van der Waals surface area contributed by atoms with E-state index in [0.717, 1.165) is 13.0 Å². The molecular weight excluding hydrogens is 562 g/mol. The van der Waals surface area contributed by atoms with Crippen molar-refractivity contribution < 1.29 is 27.1 Å². The van der Waals surface area contributed by atoms with Crippen LogP contribution in [0.5, 0.6) is 0 Å². The maximum atomic E-state index is 14.1. The van der Waals surface area contributed by atoms with E-state index >= 15 is 0 Å². The van der Waals surface area contributed by atoms with Gasteiger partial charge in [-0.2, -0.15) is 0 Å². The zero-order valence-corrected chi connectivity index (χ0v) is 22.8. The quantitative estimate of drug-likeness (QED) is 0.157. The van der Waals surface area contributed by atoms with Gasteiger partial charge < -0.3 is 5.11 Å². The fourth-order valence-electron chi connectivity index (χ4n) is 5.21. The molecule has 0 radical (unpaired) electrons. The Balaban J connectivity index is 0.000000226. The molecule has 12 heteroatoms. The summed E-state index contributed by atoms with van der Waals surface area (Å²) in [4.78, 5) is 12.3. The van der Waals surface area contributed by atoms with E-state index < -0.39 is 40.8 Å². The van der Waals surface area contributed by atoms with E-state index in [0.29, 0.717) is 23.2 Å². The molecular formula is C27H27Cl2F5N4O. The number of rotatable bonds is 4. The Kier molecular flexibility index (Phi) is 9.44. The van der Waals surface area contributed by atoms with Crippen molar-refractivity contribution in [1.29, 1.82) is 0 Å². The van der Waals surface area contributed by atoms with Crippen LogP contribution in [-0.4, -0.2) is 52.1 Å². The molecule has 0 spiro atoms. The molecule has 5 nitrogen and oxygen atoms in total. The van der Waals surface area contributed by atoms with Crippen LogP contribution in [0.1, 0.15) is 66.1 Å². The second kappa shape index (κ2) is 12.4. The van der Waals surface area contributed by atoms with Gasteiger partial charge in [-0.25, -0.2) is 31.9 Å². The van der Waals surface area contributed by atoms with Gasteiger partial charge in [-0.1, -0.05) is 29.3 Å². The van der Waals surface area contributed by atoms with Gasteiger partial charge in [0.2, 0.25) is 5.82 Å². The summed E-state index contributed by atoms with van der Waals surface area (Å²) in [6.07, 6.45) is 5.19. The fourth-order valence-corrected chi connectivity index (χ4v) is 5.48. The minimum atomic E-state index is -2.28. The van der Waals surface area contributed by atoms with Crippen LogP contribution < -0.4 is 0 Å². The summed E-state index contributed by atoms with van der Waals surface area (Å²) in [7, 11) is 3.98. The lowest BCUT2D eigenvalue weighted by Crippen LogP contribution is -2.21. The predicted octanol–water partition coefficient (Wildman–Crippen LogP) is 6.78. The van der Waals surface area contributed by atoms with Crippen molar-refractivity contribution in [2.75, 3.05) is 27.2 Å². The Morgan fingerprint density at radius 1 is 0.795 bits per heavy atom. The number of benzene rings is 1. The first-order chi connectivity index (χ1) is 18.5. The van der Waals surface area contributed by atoms with Gasteiger partial charge in [0.25, 0.3) is 0 Å². The molecule has 2 aromatic heterocycles. The Labute approximate surface area is 233 Å². The lowest BCUT2D eigenvalue weighted by Gasteiger charge is -2.25. The average Bonchev–Trinajstić information content (AvgIpc) is 3.55. The standard InChI is InChI=1S/C17H14ClF5N2O.C10H13ClN2/c1-25-4-2-3-9(25)8-6-24-10(18)5-7(8)17(26)11-12(19)14(21)16(23)15(22)13(11)20;1-13-6-2-3-9(13)8-4-5-10(11)12-7-8/h5-6,9,17,26H,2-4H2,1H3;4-5,7,9H,2-3,6H2,1H3/t9-,17-;9-/m00/s1. The van der Waals surface area contributed by atoms with Crippen molar-refractivity contribution in [3.63, 3.8) is 0 Å². The Bertz CT molecular complexity index is 1300. The molecule has 1 aromatic carbocycles. The van der Waals surface area contributed by atoms with Gasteiger partial charge in [-0.05, 0) is 81.7 Å². The van der Waals surface area contributed by atoms with Crippen LogP contribution in [0.2, 0.25) is 10.3 Å². The highest BCUT2D eigenvalue weighted by Crippen LogP contribution is 2.39. The first kappa shape index (κ1) is 29.6. The molecule has 3 atom stereocenters. The average molecular weight is 589 g/mol. The highest BCUT2D eigenvalue weighted by molar-refractivity contribution is 6.29. The number of hydrogen-bond donors (Lipinski definition) is 1. The van der Waals surface area contributed by atoms with Gasteiger partial charge in [-0.15, -0.1) is 0 Å². The Morgan fingerprint density at radius 2 is 1.33 bits per heavy atom. The number of halogens is 7. The van der Waals surface area contributed by atoms with Crippen molar-refractivity contribution >= 4 is 23.2 Å². The molecule has 2 saturated heterocycles. The van der Waals surface area contributed by atoms with Crippen molar-refractivity contribution in [2.45, 2.75) is 43.9 Å². The Morgan fingerprint density at radius 3 is 1.85 bits per heavy atom. The van der Waals surface area contributed by atoms with Crippen LogP contribution in [0.3, 0.4) is 0 Å². The summed E-state index contributed by atoms with van der Waals surface area (Å²) in [6.45, 7) is 1.94. The number of aliphatic hydroxyl groups is 1. The molecule has 4 heterocycles. The molecule has 0 bridgehead atoms. The summed E-state index contributed by atoms with van der Waals surface area (Å²) in [5.41, 5.74) is 0.341. The molecule has 0 amide bonds. The van der Waals surface area contributed by atoms with Gasteiger partial charge in [0.15, 0.2) is 23.3 Å². The maximum Gasteiger partial charge on any atom is 0.200 e. The highest BCUT2D eigenvalue weighted by atomic mass is 35.5. The summed E-state index contributed by atoms with van der Waals surface area (Å²) < 4.78 is 68.4. The number of hydrogen-bond acceptors (Lipinski definition) is 5. The van der Waals surface area contributed by atoms with Gasteiger partial charge in [-0.3, -0.25) is 9.80 Å². The van der Waals surface area contributed by atoms with E-state index in [4.69, 9.17) is 23.2 Å². The van der Waals surface area contributed by atoms with Crippen molar-refractivity contribution in [2.24, 2.45) is 0 Å². The molecule has 210 valence electrons. The van der Waals surface area contributed by atoms with Crippen LogP contribution in [0.25, 0.3) is 0 Å². The fraction of sp³-hybridized carbons (Fsp3) is 0.407. The first-order valence-corrected chi connectivity index (χ1v) is 13.1. The minimum absolute atomic E-state index is 0.0491. The van der Waals surface area contributed by atoms with Crippen molar-refractivity contribution in [3.8, 4) is 0 Å². The Hall–Kier alpha value is -2.37. The normalized spacial score (nSPS) is 20.7. The molecule has 3 aromatic rings. The molecule has 2 fully saturated rings. The highest BCUT2D eigenvalue weighted by Gasteiger charge is 2.34. The van der Waals surface area contributed by atoms with Gasteiger partial charge in [0.1, 0.15) is 16.4 Å². The van der Waals surface area contributed by atoms with Crippen molar-refractivity contribution in [1.82, 2.24) is 19.8 Å². The number of pyridine rings is 2. The van der Waals surface area contributed by atoms with Gasteiger partial charge >= 0.3 is 0 Å². The molecule has 1 N–H and O–H groups in total. The van der Waals surface area contributed by atoms with Gasteiger partial charge in [0.05, 0.1) is 5.56 Å². The third-order valence-corrected chi connectivity index (χ3v) is 7.71. The molecule has 0 aliphatic carbocycles. The lowest BCUT2D eigenvalue weighted by atomic mass is 9.93. The van der Waals surface area contributed by atoms with Crippen LogP contribution in [0.15, 0.2) is 30.6 Å². The van der Waals surface area contributed by atoms with Crippen LogP contribution in [-0.2, 0) is 0 Å². The van der Waals surface area contributed by atoms with E-state index in [-0.39, 0.29) is 16.8 Å². The molecule has 2 aliphatic rings. The smallest absolute Gasteiger partial charge is 0.200 e. The van der Waals surface area contributed by atoms with Crippen LogP contribution >= 0.6 is 23.2 Å². The summed E-state index contributed by atoms with van der Waals surface area (Å²) in [5.74, 6) is -10.7. The maximum absolute atomic E-state index is 14.1. The molecule has 0 unspecified atom stereocenters.